The predicted octanol–water partition coefficient (Wildman–Crippen LogP) is 1.49. The first-order valence-electron chi connectivity index (χ1n) is 12.3. The minimum absolute atomic E-state index is 0.166. The third kappa shape index (κ3) is 2.90. The molecule has 3 saturated carbocycles. The van der Waals surface area contributed by atoms with Crippen LogP contribution in [0, 0.1) is 22.7 Å². The van der Waals surface area contributed by atoms with Gasteiger partial charge < -0.3 is 25.0 Å². The van der Waals surface area contributed by atoms with E-state index >= 15 is 0 Å². The highest BCUT2D eigenvalue weighted by Crippen LogP contribution is 2.66. The molecule has 3 heterocycles. The van der Waals surface area contributed by atoms with Crippen LogP contribution in [0.15, 0.2) is 0 Å². The minimum atomic E-state index is -1.10. The molecule has 3 aliphatic carbocycles. The van der Waals surface area contributed by atoms with Crippen LogP contribution in [0.4, 0.5) is 0 Å². The maximum absolute atomic E-state index is 12.6. The number of amides is 1. The normalized spacial score (nSPS) is 44.7. The molecule has 7 atom stereocenters. The molecular weight excluding hydrogens is 409 g/mol. The van der Waals surface area contributed by atoms with Gasteiger partial charge in [0.1, 0.15) is 5.54 Å². The van der Waals surface area contributed by atoms with E-state index in [1.54, 1.807) is 11.8 Å². The van der Waals surface area contributed by atoms with Gasteiger partial charge in [0.05, 0.1) is 24.3 Å². The fourth-order valence-electron chi connectivity index (χ4n) is 7.98. The summed E-state index contributed by atoms with van der Waals surface area (Å²) in [5.74, 6) is 0.208. The highest BCUT2D eigenvalue weighted by Gasteiger charge is 2.68. The molecule has 178 valence electrons. The first kappa shape index (κ1) is 22.6. The van der Waals surface area contributed by atoms with E-state index in [2.05, 4.69) is 26.1 Å². The summed E-state index contributed by atoms with van der Waals surface area (Å²) in [6, 6.07) is -0.628. The number of rotatable bonds is 6. The van der Waals surface area contributed by atoms with Gasteiger partial charge in [0, 0.05) is 12.0 Å². The van der Waals surface area contributed by atoms with Crippen LogP contribution in [0.5, 0.6) is 0 Å². The number of carbonyl (C=O) groups is 2. The first-order chi connectivity index (χ1) is 15.0. The summed E-state index contributed by atoms with van der Waals surface area (Å²) in [4.78, 5) is 26.6. The van der Waals surface area contributed by atoms with E-state index in [0.29, 0.717) is 24.4 Å². The Morgan fingerprint density at radius 3 is 2.69 bits per heavy atom. The van der Waals surface area contributed by atoms with Crippen molar-refractivity contribution in [3.05, 3.63) is 0 Å². The second-order valence-corrected chi connectivity index (χ2v) is 11.9. The molecule has 4 N–H and O–H groups in total. The summed E-state index contributed by atoms with van der Waals surface area (Å²) in [6.07, 6.45) is 5.49. The SMILES string of the molecule is C[C@H](N)C(=O)N1C[C@@]2(CCCB3O[C@@H]4C[C@@H]5C[C@@H](C5(C)C)[C@]4(C)O3)CCN[C@@]2(C(=O)O)C1. The standard InChI is InChI=1S/C23H38BN3O5/c1-14(25)18(28)27-12-22(7-9-26-23(22,13-27)19(29)30)6-5-8-24-31-17-11-15-10-16(20(15,2)3)21(17,4)32-24/h14-17,26H,5-13,25H2,1-4H3,(H,29,30)/t14-,15-,16-,17+,21-,22+,23+/m0/s1. The lowest BCUT2D eigenvalue weighted by Crippen LogP contribution is -2.65. The van der Waals surface area contributed by atoms with E-state index in [1.165, 1.54) is 6.42 Å². The van der Waals surface area contributed by atoms with Crippen molar-refractivity contribution in [1.82, 2.24) is 10.2 Å². The average Bonchev–Trinajstić information content (AvgIpc) is 3.33. The molecule has 0 aromatic carbocycles. The highest BCUT2D eigenvalue weighted by atomic mass is 16.7. The maximum Gasteiger partial charge on any atom is 0.457 e. The van der Waals surface area contributed by atoms with Crippen molar-refractivity contribution in [2.75, 3.05) is 19.6 Å². The van der Waals surface area contributed by atoms with Crippen LogP contribution in [0.2, 0.25) is 6.32 Å². The predicted molar refractivity (Wildman–Crippen MR) is 120 cm³/mol. The maximum atomic E-state index is 12.6. The van der Waals surface area contributed by atoms with E-state index < -0.39 is 23.0 Å². The van der Waals surface area contributed by atoms with Crippen molar-refractivity contribution >= 4 is 19.0 Å². The van der Waals surface area contributed by atoms with Gasteiger partial charge in [-0.1, -0.05) is 20.3 Å². The van der Waals surface area contributed by atoms with Crippen LogP contribution in [-0.2, 0) is 18.9 Å². The van der Waals surface area contributed by atoms with Crippen LogP contribution in [-0.4, -0.2) is 71.9 Å². The second kappa shape index (κ2) is 7.17. The number of carboxylic acids is 1. The van der Waals surface area contributed by atoms with Gasteiger partial charge >= 0.3 is 13.1 Å². The Morgan fingerprint density at radius 1 is 1.28 bits per heavy atom. The Balaban J connectivity index is 1.25. The Morgan fingerprint density at radius 2 is 2.03 bits per heavy atom. The molecule has 0 aromatic rings. The summed E-state index contributed by atoms with van der Waals surface area (Å²) >= 11 is 0. The van der Waals surface area contributed by atoms with Gasteiger partial charge in [0.25, 0.3) is 0 Å². The molecule has 1 amide bonds. The molecule has 0 spiro atoms. The molecule has 0 radical (unpaired) electrons. The lowest BCUT2D eigenvalue weighted by Gasteiger charge is -2.64. The number of fused-ring (bicyclic) bond motifs is 1. The Kier molecular flexibility index (Phi) is 5.07. The number of nitrogens with one attached hydrogen (secondary N) is 1. The number of carbonyl (C=O) groups excluding carboxylic acids is 1. The molecule has 8 nitrogen and oxygen atoms in total. The highest BCUT2D eigenvalue weighted by molar-refractivity contribution is 6.45. The number of carboxylic acid groups (broad SMARTS) is 1. The molecule has 3 saturated heterocycles. The number of likely N-dealkylation sites (tertiary alicyclic amines) is 1. The molecule has 32 heavy (non-hydrogen) atoms. The minimum Gasteiger partial charge on any atom is -0.480 e. The molecular formula is C23H38BN3O5. The molecule has 6 fully saturated rings. The van der Waals surface area contributed by atoms with E-state index in [1.807, 2.05) is 0 Å². The van der Waals surface area contributed by atoms with Crippen LogP contribution in [0.1, 0.15) is 59.8 Å². The molecule has 6 rings (SSSR count). The van der Waals surface area contributed by atoms with E-state index in [0.717, 1.165) is 37.9 Å². The van der Waals surface area contributed by atoms with E-state index in [9.17, 15) is 14.7 Å². The van der Waals surface area contributed by atoms with Gasteiger partial charge in [-0.2, -0.15) is 0 Å². The summed E-state index contributed by atoms with van der Waals surface area (Å²) in [5, 5.41) is 13.4. The first-order valence-corrected chi connectivity index (χ1v) is 12.3. The molecule has 0 unspecified atom stereocenters. The van der Waals surface area contributed by atoms with Crippen molar-refractivity contribution in [2.45, 2.75) is 89.4 Å². The van der Waals surface area contributed by atoms with Crippen LogP contribution < -0.4 is 11.1 Å². The quantitative estimate of drug-likeness (QED) is 0.529. The average molecular weight is 447 g/mol. The lowest BCUT2D eigenvalue weighted by atomic mass is 9.43. The second-order valence-electron chi connectivity index (χ2n) is 11.9. The zero-order valence-electron chi connectivity index (χ0n) is 19.9. The van der Waals surface area contributed by atoms with Gasteiger partial charge in [0.2, 0.25) is 5.91 Å². The van der Waals surface area contributed by atoms with Crippen LogP contribution in [0.3, 0.4) is 0 Å². The molecule has 0 aromatic heterocycles. The Bertz CT molecular complexity index is 823. The van der Waals surface area contributed by atoms with Crippen molar-refractivity contribution < 1.29 is 24.0 Å². The van der Waals surface area contributed by atoms with Crippen LogP contribution >= 0.6 is 0 Å². The van der Waals surface area contributed by atoms with Crippen LogP contribution in [0.25, 0.3) is 0 Å². The van der Waals surface area contributed by atoms with Crippen molar-refractivity contribution in [1.29, 1.82) is 0 Å². The largest absolute Gasteiger partial charge is 0.480 e. The van der Waals surface area contributed by atoms with Gasteiger partial charge in [-0.05, 0) is 69.6 Å². The molecule has 9 heteroatoms. The number of aliphatic carboxylic acids is 1. The van der Waals surface area contributed by atoms with Gasteiger partial charge in [-0.15, -0.1) is 0 Å². The summed E-state index contributed by atoms with van der Waals surface area (Å²) in [5.41, 5.74) is 4.35. The fourth-order valence-corrected chi connectivity index (χ4v) is 7.98. The fraction of sp³-hybridized carbons (Fsp3) is 0.913. The molecule has 2 bridgehead atoms. The van der Waals surface area contributed by atoms with Crippen molar-refractivity contribution in [2.24, 2.45) is 28.4 Å². The number of nitrogens with zero attached hydrogens (tertiary/aromatic N) is 1. The Labute approximate surface area is 191 Å². The lowest BCUT2D eigenvalue weighted by molar-refractivity contribution is -0.199. The molecule has 3 aliphatic heterocycles. The van der Waals surface area contributed by atoms with Crippen molar-refractivity contribution in [3.63, 3.8) is 0 Å². The third-order valence-electron chi connectivity index (χ3n) is 10.0. The number of hydrogen-bond acceptors (Lipinski definition) is 6. The zero-order chi connectivity index (χ0) is 23.1. The smallest absolute Gasteiger partial charge is 0.457 e. The van der Waals surface area contributed by atoms with E-state index in [-0.39, 0.29) is 31.3 Å². The third-order valence-corrected chi connectivity index (χ3v) is 10.0. The van der Waals surface area contributed by atoms with Gasteiger partial charge in [-0.25, -0.2) is 0 Å². The monoisotopic (exact) mass is 447 g/mol. The topological polar surface area (TPSA) is 114 Å². The Hall–Kier alpha value is -1.16. The van der Waals surface area contributed by atoms with Gasteiger partial charge in [-0.3, -0.25) is 14.9 Å². The molecule has 6 aliphatic rings. The summed E-state index contributed by atoms with van der Waals surface area (Å²) in [7, 11) is -0.228. The zero-order valence-corrected chi connectivity index (χ0v) is 19.9. The summed E-state index contributed by atoms with van der Waals surface area (Å²) in [6.45, 7) is 9.87. The number of hydrogen-bond donors (Lipinski definition) is 3. The van der Waals surface area contributed by atoms with E-state index in [4.69, 9.17) is 15.0 Å². The number of nitrogens with two attached hydrogens (primary N) is 1. The summed E-state index contributed by atoms with van der Waals surface area (Å²) < 4.78 is 12.9. The van der Waals surface area contributed by atoms with Crippen molar-refractivity contribution in [3.8, 4) is 0 Å². The van der Waals surface area contributed by atoms with Gasteiger partial charge in [0.15, 0.2) is 0 Å².